The molecule has 4 aromatic rings. The molecular formula is C28H26N2O4. The topological polar surface area (TPSA) is 77.4 Å². The number of fused-ring (bicyclic) bond motifs is 1. The Morgan fingerprint density at radius 3 is 2.26 bits per heavy atom. The number of benzene rings is 3. The quantitative estimate of drug-likeness (QED) is 0.430. The van der Waals surface area contributed by atoms with E-state index in [4.69, 9.17) is 4.74 Å². The molecule has 0 saturated carbocycles. The first-order chi connectivity index (χ1) is 16.3. The molecule has 0 aliphatic heterocycles. The highest BCUT2D eigenvalue weighted by Crippen LogP contribution is 2.31. The van der Waals surface area contributed by atoms with Crippen molar-refractivity contribution in [3.63, 3.8) is 0 Å². The Bertz CT molecular complexity index is 1450. The third-order valence-electron chi connectivity index (χ3n) is 5.86. The van der Waals surface area contributed by atoms with Gasteiger partial charge in [0.15, 0.2) is 6.10 Å². The zero-order valence-electron chi connectivity index (χ0n) is 19.6. The first-order valence-corrected chi connectivity index (χ1v) is 11.0. The molecule has 1 heterocycles. The van der Waals surface area contributed by atoms with Gasteiger partial charge < -0.3 is 14.6 Å². The first kappa shape index (κ1) is 23.0. The van der Waals surface area contributed by atoms with Gasteiger partial charge in [-0.2, -0.15) is 0 Å². The van der Waals surface area contributed by atoms with Crippen molar-refractivity contribution >= 4 is 28.3 Å². The lowest BCUT2D eigenvalue weighted by Crippen LogP contribution is -2.33. The second-order valence-corrected chi connectivity index (χ2v) is 8.35. The van der Waals surface area contributed by atoms with Gasteiger partial charge in [0, 0.05) is 23.7 Å². The number of rotatable bonds is 5. The van der Waals surface area contributed by atoms with Crippen LogP contribution >= 0.6 is 0 Å². The van der Waals surface area contributed by atoms with Gasteiger partial charge in [0.25, 0.3) is 11.5 Å². The fourth-order valence-corrected chi connectivity index (χ4v) is 3.98. The molecule has 3 aromatic carbocycles. The molecule has 34 heavy (non-hydrogen) atoms. The van der Waals surface area contributed by atoms with Crippen molar-refractivity contribution in [2.75, 3.05) is 5.32 Å². The summed E-state index contributed by atoms with van der Waals surface area (Å²) in [6.45, 7) is 5.34. The largest absolute Gasteiger partial charge is 0.448 e. The Labute approximate surface area is 197 Å². The number of ether oxygens (including phenoxy) is 1. The Morgan fingerprint density at radius 1 is 0.912 bits per heavy atom. The molecule has 172 valence electrons. The second-order valence-electron chi connectivity index (χ2n) is 8.35. The van der Waals surface area contributed by atoms with Crippen LogP contribution in [0.5, 0.6) is 0 Å². The van der Waals surface area contributed by atoms with Gasteiger partial charge in [0.05, 0.1) is 0 Å². The van der Waals surface area contributed by atoms with Crippen LogP contribution < -0.4 is 10.9 Å². The van der Waals surface area contributed by atoms with E-state index >= 15 is 0 Å². The van der Waals surface area contributed by atoms with Crippen LogP contribution in [0.25, 0.3) is 21.9 Å². The van der Waals surface area contributed by atoms with Crippen molar-refractivity contribution in [2.24, 2.45) is 7.05 Å². The predicted molar refractivity (Wildman–Crippen MR) is 134 cm³/mol. The van der Waals surface area contributed by atoms with Crippen molar-refractivity contribution < 1.29 is 14.3 Å². The van der Waals surface area contributed by atoms with Gasteiger partial charge in [-0.3, -0.25) is 9.59 Å². The number of nitrogens with one attached hydrogen (secondary N) is 1. The molecule has 1 N–H and O–H groups in total. The van der Waals surface area contributed by atoms with Crippen LogP contribution in [0, 0.1) is 13.8 Å². The van der Waals surface area contributed by atoms with Gasteiger partial charge in [-0.15, -0.1) is 0 Å². The molecule has 1 aromatic heterocycles. The van der Waals surface area contributed by atoms with Crippen molar-refractivity contribution in [3.8, 4) is 11.1 Å². The van der Waals surface area contributed by atoms with Gasteiger partial charge in [-0.05, 0) is 55.0 Å². The lowest BCUT2D eigenvalue weighted by Gasteiger charge is -2.19. The Morgan fingerprint density at radius 2 is 1.56 bits per heavy atom. The molecule has 4 rings (SSSR count). The van der Waals surface area contributed by atoms with Crippen molar-refractivity contribution in [1.82, 2.24) is 4.57 Å². The highest BCUT2D eigenvalue weighted by Gasteiger charge is 2.26. The fraction of sp³-hybridized carbons (Fsp3) is 0.179. The molecule has 0 spiro atoms. The number of carbonyl (C=O) groups is 2. The summed E-state index contributed by atoms with van der Waals surface area (Å²) in [6, 6.07) is 22.3. The molecule has 1 amide bonds. The summed E-state index contributed by atoms with van der Waals surface area (Å²) >= 11 is 0. The SMILES string of the molecule is Cc1ccc(C)c(NC(=O)C(C)OC(=O)c2c(-c3ccccc3)c3ccccc3c(=O)n2C)c1. The number of aryl methyl sites for hydroxylation is 2. The Hall–Kier alpha value is -4.19. The number of nitrogens with zero attached hydrogens (tertiary/aromatic N) is 1. The molecule has 0 bridgehead atoms. The summed E-state index contributed by atoms with van der Waals surface area (Å²) in [7, 11) is 1.54. The van der Waals surface area contributed by atoms with Crippen molar-refractivity contribution in [3.05, 3.63) is 100.0 Å². The summed E-state index contributed by atoms with van der Waals surface area (Å²) < 4.78 is 6.87. The van der Waals surface area contributed by atoms with E-state index in [0.29, 0.717) is 22.0 Å². The third-order valence-corrected chi connectivity index (χ3v) is 5.86. The number of carbonyl (C=O) groups excluding carboxylic acids is 2. The highest BCUT2D eigenvalue weighted by atomic mass is 16.5. The number of esters is 1. The molecule has 1 atom stereocenters. The second kappa shape index (κ2) is 9.35. The summed E-state index contributed by atoms with van der Waals surface area (Å²) in [5.74, 6) is -1.19. The Kier molecular flexibility index (Phi) is 6.32. The minimum Gasteiger partial charge on any atom is -0.448 e. The van der Waals surface area contributed by atoms with E-state index in [1.54, 1.807) is 19.2 Å². The van der Waals surface area contributed by atoms with Gasteiger partial charge in [0.2, 0.25) is 0 Å². The third kappa shape index (κ3) is 4.35. The molecule has 1 unspecified atom stereocenters. The number of hydrogen-bond acceptors (Lipinski definition) is 4. The van der Waals surface area contributed by atoms with E-state index in [2.05, 4.69) is 5.32 Å². The molecule has 0 fully saturated rings. The standard InChI is InChI=1S/C28H26N2O4/c1-17-14-15-18(2)23(16-17)29-26(31)19(3)34-28(33)25-24(20-10-6-5-7-11-20)21-12-8-9-13-22(21)27(32)30(25)4/h5-16,19H,1-4H3,(H,29,31). The lowest BCUT2D eigenvalue weighted by molar-refractivity contribution is -0.123. The van der Waals surface area contributed by atoms with Crippen molar-refractivity contribution in [2.45, 2.75) is 26.9 Å². The molecule has 0 saturated heterocycles. The maximum atomic E-state index is 13.4. The van der Waals surface area contributed by atoms with E-state index < -0.39 is 18.0 Å². The van der Waals surface area contributed by atoms with Gasteiger partial charge in [-0.1, -0.05) is 60.7 Å². The zero-order valence-corrected chi connectivity index (χ0v) is 19.6. The van der Waals surface area contributed by atoms with E-state index in [1.807, 2.05) is 74.5 Å². The summed E-state index contributed by atoms with van der Waals surface area (Å²) in [5, 5.41) is 3.98. The average Bonchev–Trinajstić information content (AvgIpc) is 2.83. The predicted octanol–water partition coefficient (Wildman–Crippen LogP) is 5.01. The molecular weight excluding hydrogens is 428 g/mol. The summed E-state index contributed by atoms with van der Waals surface area (Å²) in [4.78, 5) is 39.2. The normalized spacial score (nSPS) is 11.8. The fourth-order valence-electron chi connectivity index (χ4n) is 3.98. The summed E-state index contributed by atoms with van der Waals surface area (Å²) in [6.07, 6.45) is -1.07. The van der Waals surface area contributed by atoms with Crippen LogP contribution in [-0.4, -0.2) is 22.5 Å². The van der Waals surface area contributed by atoms with E-state index in [-0.39, 0.29) is 11.3 Å². The Balaban J connectivity index is 1.72. The molecule has 0 aliphatic carbocycles. The highest BCUT2D eigenvalue weighted by molar-refractivity contribution is 6.07. The van der Waals surface area contributed by atoms with E-state index in [1.165, 1.54) is 11.5 Å². The van der Waals surface area contributed by atoms with Crippen LogP contribution in [0.4, 0.5) is 5.69 Å². The van der Waals surface area contributed by atoms with E-state index in [9.17, 15) is 14.4 Å². The maximum absolute atomic E-state index is 13.4. The number of amides is 1. The van der Waals surface area contributed by atoms with Gasteiger partial charge in [0.1, 0.15) is 5.69 Å². The van der Waals surface area contributed by atoms with Crippen LogP contribution in [0.3, 0.4) is 0 Å². The maximum Gasteiger partial charge on any atom is 0.356 e. The number of pyridine rings is 1. The van der Waals surface area contributed by atoms with Crippen LogP contribution in [0.1, 0.15) is 28.5 Å². The van der Waals surface area contributed by atoms with Crippen LogP contribution in [0.2, 0.25) is 0 Å². The molecule has 0 aliphatic rings. The number of aromatic nitrogens is 1. The van der Waals surface area contributed by atoms with Gasteiger partial charge in [-0.25, -0.2) is 4.79 Å². The van der Waals surface area contributed by atoms with Crippen LogP contribution in [-0.2, 0) is 16.6 Å². The molecule has 0 radical (unpaired) electrons. The first-order valence-electron chi connectivity index (χ1n) is 11.0. The van der Waals surface area contributed by atoms with Gasteiger partial charge >= 0.3 is 5.97 Å². The molecule has 6 heteroatoms. The molecule has 6 nitrogen and oxygen atoms in total. The van der Waals surface area contributed by atoms with E-state index in [0.717, 1.165) is 16.7 Å². The van der Waals surface area contributed by atoms with Crippen LogP contribution in [0.15, 0.2) is 77.6 Å². The average molecular weight is 455 g/mol. The van der Waals surface area contributed by atoms with Crippen molar-refractivity contribution in [1.29, 1.82) is 0 Å². The minimum atomic E-state index is -1.07. The smallest absolute Gasteiger partial charge is 0.356 e. The monoisotopic (exact) mass is 454 g/mol. The minimum absolute atomic E-state index is 0.0984. The summed E-state index contributed by atoms with van der Waals surface area (Å²) in [5.41, 5.74) is 3.72. The number of anilines is 1. The lowest BCUT2D eigenvalue weighted by atomic mass is 9.97. The zero-order chi connectivity index (χ0) is 24.4. The number of hydrogen-bond donors (Lipinski definition) is 1.